The molecule has 28 heavy (non-hydrogen) atoms. The SMILES string of the molecule is Cc1ccc(NC(=O)N2CCC(c3nc(-c4ccncc4)cs3)CC2)cc1Cl. The van der Waals surface area contributed by atoms with Crippen molar-refractivity contribution in [2.24, 2.45) is 0 Å². The second-order valence-electron chi connectivity index (χ2n) is 6.96. The Kier molecular flexibility index (Phi) is 5.59. The van der Waals surface area contributed by atoms with Crippen molar-refractivity contribution in [2.75, 3.05) is 18.4 Å². The van der Waals surface area contributed by atoms with E-state index >= 15 is 0 Å². The van der Waals surface area contributed by atoms with Gasteiger partial charge >= 0.3 is 6.03 Å². The summed E-state index contributed by atoms with van der Waals surface area (Å²) in [7, 11) is 0. The van der Waals surface area contributed by atoms with Crippen LogP contribution >= 0.6 is 22.9 Å². The van der Waals surface area contributed by atoms with E-state index in [1.165, 1.54) is 0 Å². The van der Waals surface area contributed by atoms with E-state index in [1.807, 2.05) is 36.1 Å². The summed E-state index contributed by atoms with van der Waals surface area (Å²) in [5, 5.41) is 6.85. The van der Waals surface area contributed by atoms with Gasteiger partial charge in [-0.1, -0.05) is 17.7 Å². The Hall–Kier alpha value is -2.44. The lowest BCUT2D eigenvalue weighted by Gasteiger charge is -2.31. The third-order valence-electron chi connectivity index (χ3n) is 5.05. The summed E-state index contributed by atoms with van der Waals surface area (Å²) in [4.78, 5) is 23.3. The van der Waals surface area contributed by atoms with Crippen molar-refractivity contribution in [1.29, 1.82) is 0 Å². The zero-order valence-electron chi connectivity index (χ0n) is 15.6. The van der Waals surface area contributed by atoms with Gasteiger partial charge in [0.05, 0.1) is 10.7 Å². The lowest BCUT2D eigenvalue weighted by atomic mass is 9.98. The van der Waals surface area contributed by atoms with Gasteiger partial charge in [-0.2, -0.15) is 0 Å². The maximum absolute atomic E-state index is 12.5. The molecule has 1 aromatic carbocycles. The fourth-order valence-electron chi connectivity index (χ4n) is 3.33. The van der Waals surface area contributed by atoms with Crippen molar-refractivity contribution < 1.29 is 4.79 Å². The number of hydrogen-bond donors (Lipinski definition) is 1. The number of amides is 2. The molecular weight excluding hydrogens is 392 g/mol. The summed E-state index contributed by atoms with van der Waals surface area (Å²) in [6.45, 7) is 3.39. The van der Waals surface area contributed by atoms with Gasteiger partial charge in [0.25, 0.3) is 0 Å². The number of urea groups is 1. The molecule has 0 atom stereocenters. The minimum atomic E-state index is -0.0741. The van der Waals surface area contributed by atoms with Gasteiger partial charge in [0, 0.05) is 53.1 Å². The molecule has 1 aliphatic rings. The zero-order valence-corrected chi connectivity index (χ0v) is 17.1. The predicted molar refractivity (Wildman–Crippen MR) is 114 cm³/mol. The topological polar surface area (TPSA) is 58.1 Å². The highest BCUT2D eigenvalue weighted by molar-refractivity contribution is 7.10. The Morgan fingerprint density at radius 3 is 2.68 bits per heavy atom. The van der Waals surface area contributed by atoms with Gasteiger partial charge in [0.2, 0.25) is 0 Å². The number of aromatic nitrogens is 2. The minimum Gasteiger partial charge on any atom is -0.324 e. The van der Waals surface area contributed by atoms with Gasteiger partial charge in [-0.3, -0.25) is 4.98 Å². The summed E-state index contributed by atoms with van der Waals surface area (Å²) in [6, 6.07) is 9.45. The van der Waals surface area contributed by atoms with E-state index in [9.17, 15) is 4.79 Å². The number of piperidine rings is 1. The molecule has 1 aliphatic heterocycles. The summed E-state index contributed by atoms with van der Waals surface area (Å²) < 4.78 is 0. The van der Waals surface area contributed by atoms with Crippen molar-refractivity contribution in [3.63, 3.8) is 0 Å². The number of nitrogens with zero attached hydrogens (tertiary/aromatic N) is 3. The molecule has 0 bridgehead atoms. The average molecular weight is 413 g/mol. The van der Waals surface area contributed by atoms with Crippen LogP contribution < -0.4 is 5.32 Å². The van der Waals surface area contributed by atoms with Crippen molar-refractivity contribution in [3.05, 3.63) is 63.7 Å². The van der Waals surface area contributed by atoms with Gasteiger partial charge in [-0.15, -0.1) is 11.3 Å². The van der Waals surface area contributed by atoms with Crippen LogP contribution in [-0.2, 0) is 0 Å². The van der Waals surface area contributed by atoms with Crippen molar-refractivity contribution in [2.45, 2.75) is 25.7 Å². The van der Waals surface area contributed by atoms with Gasteiger partial charge in [-0.25, -0.2) is 9.78 Å². The van der Waals surface area contributed by atoms with Crippen LogP contribution in [0.15, 0.2) is 48.1 Å². The maximum atomic E-state index is 12.5. The average Bonchev–Trinajstić information content (AvgIpc) is 3.22. The Bertz CT molecular complexity index is 968. The third kappa shape index (κ3) is 4.18. The first-order valence-electron chi connectivity index (χ1n) is 9.28. The number of rotatable bonds is 3. The number of carbonyl (C=O) groups excluding carboxylic acids is 1. The number of likely N-dealkylation sites (tertiary alicyclic amines) is 1. The molecule has 3 aromatic rings. The first-order chi connectivity index (χ1) is 13.6. The molecule has 0 spiro atoms. The van der Waals surface area contributed by atoms with E-state index < -0.39 is 0 Å². The fraction of sp³-hybridized carbons (Fsp3) is 0.286. The Balaban J connectivity index is 1.35. The molecule has 0 aliphatic carbocycles. The molecule has 1 saturated heterocycles. The number of halogens is 1. The van der Waals surface area contributed by atoms with Crippen molar-refractivity contribution in [1.82, 2.24) is 14.9 Å². The molecular formula is C21H21ClN4OS. The molecule has 2 aromatic heterocycles. The first-order valence-corrected chi connectivity index (χ1v) is 10.5. The molecule has 0 saturated carbocycles. The van der Waals surface area contributed by atoms with Gasteiger partial charge in [0.1, 0.15) is 0 Å². The number of pyridine rings is 1. The van der Waals surface area contributed by atoms with Crippen molar-refractivity contribution >= 4 is 34.7 Å². The summed E-state index contributed by atoms with van der Waals surface area (Å²) in [5.74, 6) is 0.401. The molecule has 0 radical (unpaired) electrons. The van der Waals surface area contributed by atoms with E-state index in [0.717, 1.165) is 53.4 Å². The van der Waals surface area contributed by atoms with Crippen LogP contribution in [0.3, 0.4) is 0 Å². The molecule has 1 fully saturated rings. The third-order valence-corrected chi connectivity index (χ3v) is 6.47. The van der Waals surface area contributed by atoms with Crippen LogP contribution in [0.5, 0.6) is 0 Å². The van der Waals surface area contributed by atoms with E-state index in [1.54, 1.807) is 29.8 Å². The molecule has 0 unspecified atom stereocenters. The minimum absolute atomic E-state index is 0.0741. The molecule has 5 nitrogen and oxygen atoms in total. The standard InChI is InChI=1S/C21H21ClN4OS/c1-14-2-3-17(12-18(14)22)24-21(27)26-10-6-16(7-11-26)20-25-19(13-28-20)15-4-8-23-9-5-15/h2-5,8-9,12-13,16H,6-7,10-11H2,1H3,(H,24,27). The normalized spacial score (nSPS) is 14.9. The number of carbonyl (C=O) groups is 1. The van der Waals surface area contributed by atoms with Crippen LogP contribution in [-0.4, -0.2) is 34.0 Å². The molecule has 144 valence electrons. The number of anilines is 1. The van der Waals surface area contributed by atoms with Crippen LogP contribution in [0, 0.1) is 6.92 Å². The number of hydrogen-bond acceptors (Lipinski definition) is 4. The van der Waals surface area contributed by atoms with Crippen LogP contribution in [0.1, 0.15) is 29.3 Å². The van der Waals surface area contributed by atoms with Crippen LogP contribution in [0.2, 0.25) is 5.02 Å². The highest BCUT2D eigenvalue weighted by Gasteiger charge is 2.26. The Labute approximate surface area is 173 Å². The summed E-state index contributed by atoms with van der Waals surface area (Å²) in [5.41, 5.74) is 3.81. The van der Waals surface area contributed by atoms with E-state index in [2.05, 4.69) is 15.7 Å². The van der Waals surface area contributed by atoms with Crippen molar-refractivity contribution in [3.8, 4) is 11.3 Å². The van der Waals surface area contributed by atoms with E-state index in [4.69, 9.17) is 16.6 Å². The smallest absolute Gasteiger partial charge is 0.321 e. The molecule has 7 heteroatoms. The number of thiazole rings is 1. The fourth-order valence-corrected chi connectivity index (χ4v) is 4.51. The maximum Gasteiger partial charge on any atom is 0.321 e. The second-order valence-corrected chi connectivity index (χ2v) is 8.26. The van der Waals surface area contributed by atoms with Gasteiger partial charge in [0.15, 0.2) is 0 Å². The number of benzene rings is 1. The lowest BCUT2D eigenvalue weighted by molar-refractivity contribution is 0.194. The van der Waals surface area contributed by atoms with E-state index in [-0.39, 0.29) is 6.03 Å². The highest BCUT2D eigenvalue weighted by Crippen LogP contribution is 2.33. The number of aryl methyl sites for hydroxylation is 1. The highest BCUT2D eigenvalue weighted by atomic mass is 35.5. The Morgan fingerprint density at radius 1 is 1.21 bits per heavy atom. The zero-order chi connectivity index (χ0) is 19.5. The lowest BCUT2D eigenvalue weighted by Crippen LogP contribution is -2.40. The molecule has 2 amide bonds. The predicted octanol–water partition coefficient (Wildman–Crippen LogP) is 5.58. The number of nitrogens with one attached hydrogen (secondary N) is 1. The monoisotopic (exact) mass is 412 g/mol. The largest absolute Gasteiger partial charge is 0.324 e. The van der Waals surface area contributed by atoms with Gasteiger partial charge < -0.3 is 10.2 Å². The summed E-state index contributed by atoms with van der Waals surface area (Å²) in [6.07, 6.45) is 5.41. The van der Waals surface area contributed by atoms with E-state index in [0.29, 0.717) is 10.9 Å². The van der Waals surface area contributed by atoms with Crippen LogP contribution in [0.25, 0.3) is 11.3 Å². The first kappa shape index (κ1) is 18.9. The molecule has 1 N–H and O–H groups in total. The second kappa shape index (κ2) is 8.29. The summed E-state index contributed by atoms with van der Waals surface area (Å²) >= 11 is 7.84. The Morgan fingerprint density at radius 2 is 1.96 bits per heavy atom. The molecule has 4 rings (SSSR count). The van der Waals surface area contributed by atoms with Gasteiger partial charge in [-0.05, 0) is 49.6 Å². The quantitative estimate of drug-likeness (QED) is 0.611. The van der Waals surface area contributed by atoms with Crippen LogP contribution in [0.4, 0.5) is 10.5 Å². The molecule has 3 heterocycles.